The normalized spacial score (nSPS) is 19.4. The molecule has 28 heavy (non-hydrogen) atoms. The van der Waals surface area contributed by atoms with Gasteiger partial charge in [-0.1, -0.05) is 48.9 Å². The van der Waals surface area contributed by atoms with Crippen LogP contribution in [-0.4, -0.2) is 26.8 Å². The summed E-state index contributed by atoms with van der Waals surface area (Å²) in [5.74, 6) is 0.423. The molecule has 2 aromatic carbocycles. The topological polar surface area (TPSA) is 72.2 Å². The Morgan fingerprint density at radius 2 is 2.00 bits per heavy atom. The van der Waals surface area contributed by atoms with Crippen LogP contribution in [0.1, 0.15) is 47.9 Å². The van der Waals surface area contributed by atoms with Gasteiger partial charge >= 0.3 is 0 Å². The molecule has 2 atom stereocenters. The van der Waals surface area contributed by atoms with Gasteiger partial charge in [-0.2, -0.15) is 0 Å². The summed E-state index contributed by atoms with van der Waals surface area (Å²) >= 11 is 6.15. The standard InChI is InChI=1S/C22H29ClN2O2S/c1-2-12-28(26,27)25-11-10-16-6-7-18-8-9-22(24)21(20(18)14-16)15-17-4-3-5-19(23)13-17/h3-7,13-14,21-22,25H,2,8-12,15,24H2,1H3. The Balaban J connectivity index is 1.75. The summed E-state index contributed by atoms with van der Waals surface area (Å²) in [6, 6.07) is 14.6. The first-order valence-corrected chi connectivity index (χ1v) is 12.0. The molecule has 3 rings (SSSR count). The van der Waals surface area contributed by atoms with Crippen LogP contribution in [0.5, 0.6) is 0 Å². The Morgan fingerprint density at radius 1 is 1.18 bits per heavy atom. The number of benzene rings is 2. The van der Waals surface area contributed by atoms with E-state index in [2.05, 4.69) is 29.0 Å². The number of rotatable bonds is 8. The van der Waals surface area contributed by atoms with Crippen molar-refractivity contribution in [1.29, 1.82) is 0 Å². The van der Waals surface area contributed by atoms with E-state index in [1.807, 2.05) is 25.1 Å². The molecule has 0 aliphatic heterocycles. The number of nitrogens with two attached hydrogens (primary N) is 1. The van der Waals surface area contributed by atoms with Crippen molar-refractivity contribution >= 4 is 21.6 Å². The molecule has 0 fully saturated rings. The lowest BCUT2D eigenvalue weighted by atomic mass is 9.76. The molecular weight excluding hydrogens is 392 g/mol. The summed E-state index contributed by atoms with van der Waals surface area (Å²) < 4.78 is 26.4. The summed E-state index contributed by atoms with van der Waals surface area (Å²) in [6.07, 6.45) is 4.13. The molecular formula is C22H29ClN2O2S. The Kier molecular flexibility index (Phi) is 7.15. The first-order chi connectivity index (χ1) is 13.4. The van der Waals surface area contributed by atoms with Crippen LogP contribution in [0.15, 0.2) is 42.5 Å². The van der Waals surface area contributed by atoms with E-state index in [0.717, 1.165) is 29.8 Å². The van der Waals surface area contributed by atoms with E-state index in [-0.39, 0.29) is 17.7 Å². The zero-order valence-corrected chi connectivity index (χ0v) is 17.9. The Hall–Kier alpha value is -1.40. The molecule has 0 bridgehead atoms. The zero-order chi connectivity index (χ0) is 20.1. The van der Waals surface area contributed by atoms with Gasteiger partial charge in [-0.15, -0.1) is 0 Å². The molecule has 0 radical (unpaired) electrons. The van der Waals surface area contributed by atoms with E-state index in [1.54, 1.807) is 0 Å². The van der Waals surface area contributed by atoms with Crippen LogP contribution >= 0.6 is 11.6 Å². The third-order valence-corrected chi connectivity index (χ3v) is 7.25. The zero-order valence-electron chi connectivity index (χ0n) is 16.3. The Labute approximate surface area is 173 Å². The molecule has 6 heteroatoms. The lowest BCUT2D eigenvalue weighted by Gasteiger charge is -2.32. The number of halogens is 1. The maximum Gasteiger partial charge on any atom is 0.211 e. The monoisotopic (exact) mass is 420 g/mol. The Morgan fingerprint density at radius 3 is 2.75 bits per heavy atom. The summed E-state index contributed by atoms with van der Waals surface area (Å²) in [7, 11) is -3.17. The van der Waals surface area contributed by atoms with Crippen molar-refractivity contribution in [2.45, 2.75) is 51.0 Å². The lowest BCUT2D eigenvalue weighted by molar-refractivity contribution is 0.467. The maximum atomic E-state index is 11.8. The number of sulfonamides is 1. The molecule has 0 aromatic heterocycles. The fraction of sp³-hybridized carbons (Fsp3) is 0.455. The van der Waals surface area contributed by atoms with Gasteiger partial charge in [-0.05, 0) is 66.5 Å². The maximum absolute atomic E-state index is 11.8. The third-order valence-electron chi connectivity index (χ3n) is 5.43. The SMILES string of the molecule is CCCS(=O)(=O)NCCc1ccc2c(c1)C(Cc1cccc(Cl)c1)C(N)CC2. The lowest BCUT2D eigenvalue weighted by Crippen LogP contribution is -2.34. The molecule has 2 unspecified atom stereocenters. The van der Waals surface area contributed by atoms with Gasteiger partial charge in [-0.3, -0.25) is 0 Å². The second-order valence-electron chi connectivity index (χ2n) is 7.64. The third kappa shape index (κ3) is 5.57. The second kappa shape index (κ2) is 9.40. The van der Waals surface area contributed by atoms with Crippen LogP contribution < -0.4 is 10.5 Å². The van der Waals surface area contributed by atoms with Gasteiger partial charge in [0, 0.05) is 23.5 Å². The van der Waals surface area contributed by atoms with Crippen LogP contribution in [0.25, 0.3) is 0 Å². The molecule has 0 saturated heterocycles. The van der Waals surface area contributed by atoms with E-state index in [9.17, 15) is 8.42 Å². The highest BCUT2D eigenvalue weighted by Gasteiger charge is 2.27. The predicted octanol–water partition coefficient (Wildman–Crippen LogP) is 3.81. The van der Waals surface area contributed by atoms with Crippen molar-refractivity contribution in [3.05, 3.63) is 69.7 Å². The fourth-order valence-corrected chi connectivity index (χ4v) is 5.31. The number of hydrogen-bond donors (Lipinski definition) is 2. The summed E-state index contributed by atoms with van der Waals surface area (Å²) in [5.41, 5.74) is 11.5. The number of aryl methyl sites for hydroxylation is 1. The van der Waals surface area contributed by atoms with Gasteiger partial charge in [0.1, 0.15) is 0 Å². The van der Waals surface area contributed by atoms with Gasteiger partial charge in [0.2, 0.25) is 10.0 Å². The van der Waals surface area contributed by atoms with Crippen molar-refractivity contribution in [2.75, 3.05) is 12.3 Å². The predicted molar refractivity (Wildman–Crippen MR) is 116 cm³/mol. The average molecular weight is 421 g/mol. The highest BCUT2D eigenvalue weighted by atomic mass is 35.5. The molecule has 0 amide bonds. The smallest absolute Gasteiger partial charge is 0.211 e. The molecule has 152 valence electrons. The van der Waals surface area contributed by atoms with Crippen molar-refractivity contribution in [2.24, 2.45) is 5.73 Å². The summed E-state index contributed by atoms with van der Waals surface area (Å²) in [4.78, 5) is 0. The summed E-state index contributed by atoms with van der Waals surface area (Å²) in [5, 5.41) is 0.746. The quantitative estimate of drug-likeness (QED) is 0.682. The largest absolute Gasteiger partial charge is 0.327 e. The second-order valence-corrected chi connectivity index (χ2v) is 10.0. The minimum atomic E-state index is -3.17. The van der Waals surface area contributed by atoms with Crippen molar-refractivity contribution in [3.63, 3.8) is 0 Å². The van der Waals surface area contributed by atoms with Crippen LogP contribution in [-0.2, 0) is 29.3 Å². The average Bonchev–Trinajstić information content (AvgIpc) is 2.64. The minimum absolute atomic E-state index is 0.116. The molecule has 0 spiro atoms. The Bertz CT molecular complexity index is 915. The van der Waals surface area contributed by atoms with Gasteiger partial charge in [0.15, 0.2) is 0 Å². The van der Waals surface area contributed by atoms with E-state index in [1.165, 1.54) is 16.7 Å². The first kappa shape index (κ1) is 21.3. The highest BCUT2D eigenvalue weighted by molar-refractivity contribution is 7.89. The van der Waals surface area contributed by atoms with Gasteiger partial charge in [0.05, 0.1) is 5.75 Å². The number of fused-ring (bicyclic) bond motifs is 1. The molecule has 1 aliphatic carbocycles. The van der Waals surface area contributed by atoms with Gasteiger partial charge in [-0.25, -0.2) is 13.1 Å². The van der Waals surface area contributed by atoms with Crippen LogP contribution in [0.3, 0.4) is 0 Å². The van der Waals surface area contributed by atoms with Crippen LogP contribution in [0, 0.1) is 0 Å². The molecule has 1 aliphatic rings. The van der Waals surface area contributed by atoms with E-state index >= 15 is 0 Å². The molecule has 2 aromatic rings. The van der Waals surface area contributed by atoms with Crippen molar-refractivity contribution < 1.29 is 8.42 Å². The first-order valence-electron chi connectivity index (χ1n) is 9.97. The van der Waals surface area contributed by atoms with Crippen molar-refractivity contribution in [1.82, 2.24) is 4.72 Å². The van der Waals surface area contributed by atoms with E-state index in [4.69, 9.17) is 17.3 Å². The van der Waals surface area contributed by atoms with Crippen LogP contribution in [0.2, 0.25) is 5.02 Å². The molecule has 4 nitrogen and oxygen atoms in total. The van der Waals surface area contributed by atoms with E-state index in [0.29, 0.717) is 19.4 Å². The highest BCUT2D eigenvalue weighted by Crippen LogP contribution is 2.34. The van der Waals surface area contributed by atoms with Crippen LogP contribution in [0.4, 0.5) is 0 Å². The van der Waals surface area contributed by atoms with Crippen molar-refractivity contribution in [3.8, 4) is 0 Å². The number of nitrogens with one attached hydrogen (secondary N) is 1. The fourth-order valence-electron chi connectivity index (χ4n) is 4.00. The molecule has 0 heterocycles. The molecule has 3 N–H and O–H groups in total. The minimum Gasteiger partial charge on any atom is -0.327 e. The summed E-state index contributed by atoms with van der Waals surface area (Å²) in [6.45, 7) is 2.29. The number of hydrogen-bond acceptors (Lipinski definition) is 3. The van der Waals surface area contributed by atoms with Gasteiger partial charge < -0.3 is 5.73 Å². The van der Waals surface area contributed by atoms with Gasteiger partial charge in [0.25, 0.3) is 0 Å². The van der Waals surface area contributed by atoms with E-state index < -0.39 is 10.0 Å². The molecule has 0 saturated carbocycles.